The van der Waals surface area contributed by atoms with Crippen molar-refractivity contribution in [2.24, 2.45) is 0 Å². The Hall–Kier alpha value is -2.90. The molecular weight excluding hydrogens is 436 g/mol. The molecule has 0 bridgehead atoms. The minimum Gasteiger partial charge on any atom is -0.493 e. The molecule has 0 unspecified atom stereocenters. The zero-order chi connectivity index (χ0) is 23.2. The summed E-state index contributed by atoms with van der Waals surface area (Å²) in [5, 5.41) is 2.42. The molecule has 7 heteroatoms. The molecule has 0 spiro atoms. The molecule has 0 aromatic heterocycles. The fourth-order valence-electron chi connectivity index (χ4n) is 4.18. The molecule has 3 aromatic rings. The second-order valence-corrected chi connectivity index (χ2v) is 9.00. The summed E-state index contributed by atoms with van der Waals surface area (Å²) in [6.45, 7) is 3.84. The number of nitrogens with zero attached hydrogens (tertiary/aromatic N) is 2. The van der Waals surface area contributed by atoms with Crippen molar-refractivity contribution < 1.29 is 19.0 Å². The predicted molar refractivity (Wildman–Crippen MR) is 133 cm³/mol. The van der Waals surface area contributed by atoms with Crippen molar-refractivity contribution in [3.8, 4) is 17.2 Å². The van der Waals surface area contributed by atoms with Crippen LogP contribution in [0.1, 0.15) is 5.56 Å². The van der Waals surface area contributed by atoms with E-state index in [-0.39, 0.29) is 5.91 Å². The molecule has 0 radical (unpaired) electrons. The van der Waals surface area contributed by atoms with E-state index in [4.69, 9.17) is 14.2 Å². The summed E-state index contributed by atoms with van der Waals surface area (Å²) in [6, 6.07) is 18.6. The number of benzene rings is 3. The summed E-state index contributed by atoms with van der Waals surface area (Å²) in [7, 11) is 4.88. The van der Waals surface area contributed by atoms with Gasteiger partial charge < -0.3 is 19.1 Å². The maximum atomic E-state index is 12.8. The lowest BCUT2D eigenvalue weighted by Crippen LogP contribution is -2.48. The Balaban J connectivity index is 1.31. The molecule has 1 heterocycles. The third kappa shape index (κ3) is 5.37. The highest BCUT2D eigenvalue weighted by Crippen LogP contribution is 2.40. The van der Waals surface area contributed by atoms with E-state index in [1.165, 1.54) is 10.8 Å². The van der Waals surface area contributed by atoms with E-state index in [1.807, 2.05) is 29.2 Å². The lowest BCUT2D eigenvalue weighted by molar-refractivity contribution is -0.130. The van der Waals surface area contributed by atoms with Crippen LogP contribution in [0.25, 0.3) is 10.8 Å². The third-order valence-electron chi connectivity index (χ3n) is 5.99. The van der Waals surface area contributed by atoms with Crippen LogP contribution in [0.2, 0.25) is 0 Å². The van der Waals surface area contributed by atoms with Crippen LogP contribution in [0.3, 0.4) is 0 Å². The monoisotopic (exact) mass is 466 g/mol. The minimum atomic E-state index is 0.191. The number of hydrogen-bond donors (Lipinski definition) is 0. The number of amides is 1. The summed E-state index contributed by atoms with van der Waals surface area (Å²) in [6.07, 6.45) is 0. The summed E-state index contributed by atoms with van der Waals surface area (Å²) in [5.41, 5.74) is 1.04. The van der Waals surface area contributed by atoms with Crippen LogP contribution in [0.4, 0.5) is 0 Å². The van der Waals surface area contributed by atoms with E-state index < -0.39 is 0 Å². The van der Waals surface area contributed by atoms with Crippen molar-refractivity contribution in [2.45, 2.75) is 11.4 Å². The average Bonchev–Trinajstić information content (AvgIpc) is 2.87. The molecule has 1 amide bonds. The summed E-state index contributed by atoms with van der Waals surface area (Å²) < 4.78 is 16.5. The van der Waals surface area contributed by atoms with Crippen LogP contribution in [-0.2, 0) is 11.3 Å². The molecule has 1 saturated heterocycles. The van der Waals surface area contributed by atoms with E-state index in [1.54, 1.807) is 33.1 Å². The molecular formula is C26H30N2O4S. The van der Waals surface area contributed by atoms with Crippen LogP contribution in [-0.4, -0.2) is 69.0 Å². The van der Waals surface area contributed by atoms with Crippen molar-refractivity contribution in [2.75, 3.05) is 53.3 Å². The Kier molecular flexibility index (Phi) is 7.62. The normalized spacial score (nSPS) is 14.3. The predicted octanol–water partition coefficient (Wildman–Crippen LogP) is 4.30. The van der Waals surface area contributed by atoms with Gasteiger partial charge in [-0.25, -0.2) is 0 Å². The van der Waals surface area contributed by atoms with Gasteiger partial charge in [-0.3, -0.25) is 9.69 Å². The maximum Gasteiger partial charge on any atom is 0.233 e. The first kappa shape index (κ1) is 23.3. The van der Waals surface area contributed by atoms with Gasteiger partial charge in [-0.1, -0.05) is 36.4 Å². The van der Waals surface area contributed by atoms with Crippen molar-refractivity contribution in [1.29, 1.82) is 0 Å². The van der Waals surface area contributed by atoms with Gasteiger partial charge in [0.2, 0.25) is 11.7 Å². The van der Waals surface area contributed by atoms with Gasteiger partial charge in [-0.05, 0) is 29.0 Å². The number of fused-ring (bicyclic) bond motifs is 1. The smallest absolute Gasteiger partial charge is 0.233 e. The number of methoxy groups -OCH3 is 3. The van der Waals surface area contributed by atoms with Gasteiger partial charge in [0.1, 0.15) is 0 Å². The van der Waals surface area contributed by atoms with Crippen LogP contribution in [0.15, 0.2) is 59.5 Å². The minimum absolute atomic E-state index is 0.191. The van der Waals surface area contributed by atoms with Gasteiger partial charge in [0.25, 0.3) is 0 Å². The molecule has 1 fully saturated rings. The van der Waals surface area contributed by atoms with Crippen LogP contribution in [0, 0.1) is 0 Å². The first-order valence-corrected chi connectivity index (χ1v) is 12.0. The van der Waals surface area contributed by atoms with Crippen molar-refractivity contribution in [3.05, 3.63) is 60.2 Å². The second kappa shape index (κ2) is 10.8. The molecule has 4 rings (SSSR count). The van der Waals surface area contributed by atoms with E-state index in [0.717, 1.165) is 43.2 Å². The maximum absolute atomic E-state index is 12.8. The van der Waals surface area contributed by atoms with E-state index in [0.29, 0.717) is 23.0 Å². The number of carbonyl (C=O) groups excluding carboxylic acids is 1. The molecule has 0 saturated carbocycles. The summed E-state index contributed by atoms with van der Waals surface area (Å²) in [4.78, 5) is 18.2. The van der Waals surface area contributed by atoms with E-state index in [2.05, 4.69) is 35.2 Å². The highest BCUT2D eigenvalue weighted by molar-refractivity contribution is 8.00. The van der Waals surface area contributed by atoms with Gasteiger partial charge >= 0.3 is 0 Å². The number of ether oxygens (including phenoxy) is 3. The van der Waals surface area contributed by atoms with Gasteiger partial charge in [0, 0.05) is 43.2 Å². The zero-order valence-corrected chi connectivity index (χ0v) is 20.2. The summed E-state index contributed by atoms with van der Waals surface area (Å²) in [5.74, 6) is 2.61. The molecule has 174 valence electrons. The Labute approximate surface area is 199 Å². The SMILES string of the molecule is COc1ccc(CN2CCN(C(=O)CSc3ccc4ccccc4c3)CC2)c(OC)c1OC. The molecule has 0 N–H and O–H groups in total. The van der Waals surface area contributed by atoms with Crippen molar-refractivity contribution in [1.82, 2.24) is 9.80 Å². The molecule has 33 heavy (non-hydrogen) atoms. The number of thioether (sulfide) groups is 1. The van der Waals surface area contributed by atoms with Gasteiger partial charge in [-0.15, -0.1) is 11.8 Å². The lowest BCUT2D eigenvalue weighted by atomic mass is 10.1. The Morgan fingerprint density at radius 3 is 2.27 bits per heavy atom. The van der Waals surface area contributed by atoms with Crippen LogP contribution in [0.5, 0.6) is 17.2 Å². The van der Waals surface area contributed by atoms with Gasteiger partial charge in [-0.2, -0.15) is 0 Å². The Bertz CT molecular complexity index is 1110. The van der Waals surface area contributed by atoms with Crippen molar-refractivity contribution in [3.63, 3.8) is 0 Å². The van der Waals surface area contributed by atoms with Gasteiger partial charge in [0.15, 0.2) is 11.5 Å². The molecule has 0 atom stereocenters. The third-order valence-corrected chi connectivity index (χ3v) is 6.97. The average molecular weight is 467 g/mol. The lowest BCUT2D eigenvalue weighted by Gasteiger charge is -2.35. The Morgan fingerprint density at radius 1 is 0.848 bits per heavy atom. The second-order valence-electron chi connectivity index (χ2n) is 7.95. The van der Waals surface area contributed by atoms with Gasteiger partial charge in [0.05, 0.1) is 27.1 Å². The highest BCUT2D eigenvalue weighted by atomic mass is 32.2. The first-order valence-electron chi connectivity index (χ1n) is 11.0. The molecule has 0 aliphatic carbocycles. The van der Waals surface area contributed by atoms with Crippen LogP contribution >= 0.6 is 11.8 Å². The van der Waals surface area contributed by atoms with E-state index >= 15 is 0 Å². The molecule has 1 aliphatic heterocycles. The number of hydrogen-bond acceptors (Lipinski definition) is 6. The fraction of sp³-hybridized carbons (Fsp3) is 0.346. The molecule has 6 nitrogen and oxygen atoms in total. The standard InChI is InChI=1S/C26H30N2O4S/c1-30-23-11-9-21(25(31-2)26(23)32-3)17-27-12-14-28(15-13-27)24(29)18-33-22-10-8-19-6-4-5-7-20(19)16-22/h4-11,16H,12-15,17-18H2,1-3H3. The van der Waals surface area contributed by atoms with E-state index in [9.17, 15) is 4.79 Å². The topological polar surface area (TPSA) is 51.2 Å². The Morgan fingerprint density at radius 2 is 1.58 bits per heavy atom. The number of carbonyl (C=O) groups is 1. The fourth-order valence-corrected chi connectivity index (χ4v) is 5.02. The van der Waals surface area contributed by atoms with Crippen molar-refractivity contribution >= 4 is 28.4 Å². The quantitative estimate of drug-likeness (QED) is 0.462. The first-order chi connectivity index (χ1) is 16.1. The molecule has 3 aromatic carbocycles. The van der Waals surface area contributed by atoms with Crippen LogP contribution < -0.4 is 14.2 Å². The largest absolute Gasteiger partial charge is 0.493 e. The zero-order valence-electron chi connectivity index (χ0n) is 19.4. The highest BCUT2D eigenvalue weighted by Gasteiger charge is 2.23. The summed E-state index contributed by atoms with van der Waals surface area (Å²) >= 11 is 1.61. The molecule has 1 aliphatic rings. The number of rotatable bonds is 8. The number of piperazine rings is 1.